The molecule has 1 aliphatic carbocycles. The lowest BCUT2D eigenvalue weighted by Crippen LogP contribution is -2.28. The maximum absolute atomic E-state index is 14.4. The minimum Gasteiger partial charge on any atom is -0.488 e. The number of carbonyl (C=O) groups excluding carboxylic acids is 1. The number of halogens is 1. The highest BCUT2D eigenvalue weighted by atomic mass is 19.1. The lowest BCUT2D eigenvalue weighted by Gasteiger charge is -2.23. The first-order valence-electron chi connectivity index (χ1n) is 12.7. The molecule has 1 N–H and O–H groups in total. The average Bonchev–Trinajstić information content (AvgIpc) is 3.63. The summed E-state index contributed by atoms with van der Waals surface area (Å²) in [6, 6.07) is 5.86. The first-order chi connectivity index (χ1) is 18.4. The van der Waals surface area contributed by atoms with Gasteiger partial charge in [-0.25, -0.2) is 9.78 Å². The van der Waals surface area contributed by atoms with Gasteiger partial charge in [-0.2, -0.15) is 9.37 Å². The van der Waals surface area contributed by atoms with Gasteiger partial charge in [0.25, 0.3) is 0 Å². The first-order valence-corrected chi connectivity index (χ1v) is 12.7. The Morgan fingerprint density at radius 3 is 2.67 bits per heavy atom. The van der Waals surface area contributed by atoms with Crippen LogP contribution in [0.15, 0.2) is 30.5 Å². The highest BCUT2D eigenvalue weighted by Gasteiger charge is 2.40. The van der Waals surface area contributed by atoms with E-state index in [0.29, 0.717) is 6.54 Å². The van der Waals surface area contributed by atoms with Crippen LogP contribution < -0.4 is 15.0 Å². The van der Waals surface area contributed by atoms with Gasteiger partial charge >= 0.3 is 11.7 Å². The van der Waals surface area contributed by atoms with Crippen LogP contribution in [0.3, 0.4) is 0 Å². The molecule has 12 heteroatoms. The lowest BCUT2D eigenvalue weighted by molar-refractivity contribution is -0.387. The van der Waals surface area contributed by atoms with Gasteiger partial charge in [-0.05, 0) is 45.7 Å². The number of aryl methyl sites for hydroxylation is 1. The summed E-state index contributed by atoms with van der Waals surface area (Å²) in [6.07, 6.45) is 2.51. The number of carbonyl (C=O) groups is 1. The summed E-state index contributed by atoms with van der Waals surface area (Å²) in [5, 5.41) is 14.4. The summed E-state index contributed by atoms with van der Waals surface area (Å²) >= 11 is 0. The van der Waals surface area contributed by atoms with E-state index in [9.17, 15) is 19.3 Å². The molecule has 0 saturated heterocycles. The van der Waals surface area contributed by atoms with E-state index in [1.165, 1.54) is 6.20 Å². The predicted octanol–water partition coefficient (Wildman–Crippen LogP) is 5.51. The van der Waals surface area contributed by atoms with Crippen LogP contribution in [0, 0.1) is 22.9 Å². The van der Waals surface area contributed by atoms with Crippen LogP contribution in [0.5, 0.6) is 5.75 Å². The number of pyridine rings is 1. The van der Waals surface area contributed by atoms with Crippen LogP contribution >= 0.6 is 0 Å². The summed E-state index contributed by atoms with van der Waals surface area (Å²) in [7, 11) is 0. The van der Waals surface area contributed by atoms with Crippen LogP contribution in [0.25, 0.3) is 0 Å². The molecule has 3 aromatic rings. The van der Waals surface area contributed by atoms with Gasteiger partial charge in [0.2, 0.25) is 11.8 Å². The molecule has 1 aliphatic heterocycles. The number of nitrogens with zero attached hydrogens (tertiary/aromatic N) is 5. The summed E-state index contributed by atoms with van der Waals surface area (Å²) in [6.45, 7) is 10.0. The van der Waals surface area contributed by atoms with Crippen molar-refractivity contribution < 1.29 is 23.6 Å². The van der Waals surface area contributed by atoms with Gasteiger partial charge in [-0.1, -0.05) is 13.8 Å². The van der Waals surface area contributed by atoms with E-state index in [1.807, 2.05) is 24.0 Å². The number of rotatable bonds is 8. The Morgan fingerprint density at radius 2 is 2.00 bits per heavy atom. The van der Waals surface area contributed by atoms with Crippen LogP contribution in [0.1, 0.15) is 62.3 Å². The zero-order valence-corrected chi connectivity index (χ0v) is 22.3. The number of fused-ring (bicyclic) bond motifs is 1. The normalized spacial score (nSPS) is 15.7. The number of nitro benzene ring substituents is 1. The van der Waals surface area contributed by atoms with Gasteiger partial charge in [0.15, 0.2) is 5.82 Å². The van der Waals surface area contributed by atoms with Gasteiger partial charge < -0.3 is 19.7 Å². The van der Waals surface area contributed by atoms with Crippen molar-refractivity contribution in [2.24, 2.45) is 0 Å². The van der Waals surface area contributed by atoms with Crippen molar-refractivity contribution in [3.63, 3.8) is 0 Å². The fraction of sp³-hybridized carbons (Fsp3) is 0.407. The van der Waals surface area contributed by atoms with Crippen molar-refractivity contribution in [1.29, 1.82) is 0 Å². The number of nitrogens with one attached hydrogen (secondary N) is 1. The molecule has 3 heterocycles. The van der Waals surface area contributed by atoms with E-state index in [4.69, 9.17) is 14.5 Å². The second kappa shape index (κ2) is 9.75. The van der Waals surface area contributed by atoms with Crippen LogP contribution in [-0.4, -0.2) is 44.6 Å². The Morgan fingerprint density at radius 1 is 1.26 bits per heavy atom. The molecule has 204 valence electrons. The van der Waals surface area contributed by atoms with Crippen molar-refractivity contribution >= 4 is 34.8 Å². The first kappa shape index (κ1) is 26.3. The minimum atomic E-state index is -1.01. The summed E-state index contributed by atoms with van der Waals surface area (Å²) in [4.78, 5) is 39.2. The maximum Gasteiger partial charge on any atom is 0.343 e. The number of hydrogen-bond donors (Lipinski definition) is 1. The van der Waals surface area contributed by atoms with Gasteiger partial charge in [-0.15, -0.1) is 0 Å². The fourth-order valence-corrected chi connectivity index (χ4v) is 4.43. The molecule has 0 spiro atoms. The molecule has 1 aromatic carbocycles. The third-order valence-corrected chi connectivity index (χ3v) is 6.40. The van der Waals surface area contributed by atoms with Crippen molar-refractivity contribution in [3.8, 4) is 5.75 Å². The van der Waals surface area contributed by atoms with E-state index in [2.05, 4.69) is 29.1 Å². The number of benzene rings is 1. The molecule has 0 bridgehead atoms. The van der Waals surface area contributed by atoms with E-state index in [0.717, 1.165) is 42.0 Å². The van der Waals surface area contributed by atoms with Gasteiger partial charge in [0.1, 0.15) is 11.3 Å². The third-order valence-electron chi connectivity index (χ3n) is 6.40. The maximum atomic E-state index is 14.4. The minimum absolute atomic E-state index is 0.0407. The monoisotopic (exact) mass is 536 g/mol. The molecule has 39 heavy (non-hydrogen) atoms. The number of hydrogen-bond acceptors (Lipinski definition) is 10. The van der Waals surface area contributed by atoms with Crippen LogP contribution in [0.4, 0.5) is 33.2 Å². The molecule has 0 unspecified atom stereocenters. The molecule has 5 rings (SSSR count). The van der Waals surface area contributed by atoms with E-state index >= 15 is 0 Å². The molecule has 0 radical (unpaired) electrons. The molecule has 2 aliphatic rings. The number of esters is 1. The summed E-state index contributed by atoms with van der Waals surface area (Å²) in [5.74, 6) is -1.15. The van der Waals surface area contributed by atoms with Gasteiger partial charge in [0.05, 0.1) is 34.2 Å². The topological polar surface area (TPSA) is 133 Å². The van der Waals surface area contributed by atoms with Crippen molar-refractivity contribution in [2.45, 2.75) is 65.1 Å². The zero-order valence-electron chi connectivity index (χ0n) is 22.3. The molecule has 1 saturated carbocycles. The van der Waals surface area contributed by atoms with Crippen molar-refractivity contribution in [1.82, 2.24) is 15.0 Å². The Labute approximate surface area is 224 Å². The lowest BCUT2D eigenvalue weighted by atomic mass is 9.91. The largest absolute Gasteiger partial charge is 0.488 e. The zero-order chi connectivity index (χ0) is 28.1. The molecule has 2 aromatic heterocycles. The summed E-state index contributed by atoms with van der Waals surface area (Å²) in [5.41, 5.74) is 1.76. The highest BCUT2D eigenvalue weighted by molar-refractivity contribution is 5.96. The second-order valence-corrected chi connectivity index (χ2v) is 10.7. The predicted molar refractivity (Wildman–Crippen MR) is 142 cm³/mol. The SMILES string of the molecule is Cc1ccc2c(n1)C(C)(C)CN2c1nc(Nc2cc([N+](=O)[O-])c(F)cc2OC2CC2)ncc1C(=O)OC(C)C. The molecule has 0 amide bonds. The van der Waals surface area contributed by atoms with Crippen molar-refractivity contribution in [3.05, 3.63) is 63.3 Å². The molecule has 1 fully saturated rings. The summed E-state index contributed by atoms with van der Waals surface area (Å²) < 4.78 is 25.7. The van der Waals surface area contributed by atoms with Crippen molar-refractivity contribution in [2.75, 3.05) is 16.8 Å². The highest BCUT2D eigenvalue weighted by Crippen LogP contribution is 2.44. The average molecular weight is 537 g/mol. The molecule has 11 nitrogen and oxygen atoms in total. The standard InChI is InChI=1S/C27H29FN6O5/c1-14(2)38-25(35)17-12-29-26(31-19-11-21(34(36)37)18(28)10-22(19)39-16-7-8-16)32-24(17)33-13-27(4,5)23-20(33)9-6-15(3)30-23/h6,9-12,14,16H,7-8,13H2,1-5H3,(H,29,31,32). The smallest absolute Gasteiger partial charge is 0.343 e. The number of anilines is 4. The Bertz CT molecular complexity index is 1470. The molecule has 0 atom stereocenters. The van der Waals surface area contributed by atoms with Crippen LogP contribution in [0.2, 0.25) is 0 Å². The Kier molecular flexibility index (Phi) is 6.57. The van der Waals surface area contributed by atoms with Crippen LogP contribution in [-0.2, 0) is 10.2 Å². The molecular weight excluding hydrogens is 507 g/mol. The quantitative estimate of drug-likeness (QED) is 0.223. The number of aromatic nitrogens is 3. The second-order valence-electron chi connectivity index (χ2n) is 10.7. The van der Waals surface area contributed by atoms with Gasteiger partial charge in [0, 0.05) is 36.0 Å². The van der Waals surface area contributed by atoms with E-state index < -0.39 is 22.4 Å². The fourth-order valence-electron chi connectivity index (χ4n) is 4.43. The Hall–Kier alpha value is -4.35. The van der Waals surface area contributed by atoms with E-state index in [-0.39, 0.29) is 46.4 Å². The number of nitro groups is 1. The molecular formula is C27H29FN6O5. The van der Waals surface area contributed by atoms with Gasteiger partial charge in [-0.3, -0.25) is 15.1 Å². The van der Waals surface area contributed by atoms with E-state index in [1.54, 1.807) is 13.8 Å². The third kappa shape index (κ3) is 5.31. The number of ether oxygens (including phenoxy) is 2. The Balaban J connectivity index is 1.60.